The van der Waals surface area contributed by atoms with Crippen molar-refractivity contribution in [1.82, 2.24) is 0 Å². The van der Waals surface area contributed by atoms with Gasteiger partial charge >= 0.3 is 0 Å². The fourth-order valence-electron chi connectivity index (χ4n) is 2.48. The summed E-state index contributed by atoms with van der Waals surface area (Å²) in [6, 6.07) is 10.7. The maximum absolute atomic E-state index is 13.9. The molecule has 0 atom stereocenters. The molecule has 0 aliphatic heterocycles. The number of anilines is 1. The molecule has 0 saturated carbocycles. The van der Waals surface area contributed by atoms with Gasteiger partial charge in [0.2, 0.25) is 0 Å². The summed E-state index contributed by atoms with van der Waals surface area (Å²) in [7, 11) is 0. The molecule has 3 nitrogen and oxygen atoms in total. The van der Waals surface area contributed by atoms with E-state index >= 15 is 0 Å². The Labute approximate surface area is 146 Å². The van der Waals surface area contributed by atoms with Gasteiger partial charge in [-0.15, -0.1) is 11.3 Å². The van der Waals surface area contributed by atoms with E-state index in [1.54, 1.807) is 24.3 Å². The first kappa shape index (κ1) is 17.0. The molecule has 0 radical (unpaired) electrons. The number of amides is 1. The molecule has 0 aliphatic carbocycles. The number of carbonyl (C=O) groups is 2. The zero-order chi connectivity index (χ0) is 18.0. The van der Waals surface area contributed by atoms with Gasteiger partial charge in [0.1, 0.15) is 11.6 Å². The van der Waals surface area contributed by atoms with Crippen molar-refractivity contribution in [2.24, 2.45) is 0 Å². The topological polar surface area (TPSA) is 46.2 Å². The van der Waals surface area contributed by atoms with Gasteiger partial charge in [-0.25, -0.2) is 8.78 Å². The van der Waals surface area contributed by atoms with Crippen LogP contribution in [0.4, 0.5) is 14.5 Å². The number of hydrogen-bond donors (Lipinski definition) is 1. The average Bonchev–Trinajstić information content (AvgIpc) is 3.01. The highest BCUT2D eigenvalue weighted by molar-refractivity contribution is 7.12. The van der Waals surface area contributed by atoms with Crippen molar-refractivity contribution in [1.29, 1.82) is 0 Å². The largest absolute Gasteiger partial charge is 0.321 e. The first-order valence-electron chi connectivity index (χ1n) is 7.40. The molecular formula is C19H13F2NO2S. The Morgan fingerprint density at radius 1 is 1.12 bits per heavy atom. The first-order chi connectivity index (χ1) is 12.0. The Hall–Kier alpha value is -2.86. The third-order valence-corrected chi connectivity index (χ3v) is 4.77. The number of rotatable bonds is 4. The minimum absolute atomic E-state index is 0.141. The van der Waals surface area contributed by atoms with Crippen LogP contribution >= 0.6 is 11.3 Å². The van der Waals surface area contributed by atoms with Gasteiger partial charge < -0.3 is 5.32 Å². The van der Waals surface area contributed by atoms with E-state index < -0.39 is 17.2 Å². The predicted molar refractivity (Wildman–Crippen MR) is 94.2 cm³/mol. The summed E-state index contributed by atoms with van der Waals surface area (Å²) in [5.74, 6) is -2.18. The van der Waals surface area contributed by atoms with Gasteiger partial charge in [-0.2, -0.15) is 0 Å². The lowest BCUT2D eigenvalue weighted by atomic mass is 10.0. The van der Waals surface area contributed by atoms with E-state index in [2.05, 4.69) is 5.32 Å². The maximum Gasteiger partial charge on any atom is 0.266 e. The van der Waals surface area contributed by atoms with Crippen LogP contribution in [0.1, 0.15) is 25.6 Å². The highest BCUT2D eigenvalue weighted by Gasteiger charge is 2.16. The number of para-hydroxylation sites is 1. The van der Waals surface area contributed by atoms with E-state index in [-0.39, 0.29) is 17.8 Å². The van der Waals surface area contributed by atoms with Gasteiger partial charge in [-0.3, -0.25) is 9.59 Å². The lowest BCUT2D eigenvalue weighted by Crippen LogP contribution is -2.12. The Morgan fingerprint density at radius 2 is 1.80 bits per heavy atom. The monoisotopic (exact) mass is 357 g/mol. The van der Waals surface area contributed by atoms with E-state index in [4.69, 9.17) is 0 Å². The Morgan fingerprint density at radius 3 is 2.40 bits per heavy atom. The Kier molecular flexibility index (Phi) is 4.72. The molecule has 0 aliphatic rings. The smallest absolute Gasteiger partial charge is 0.266 e. The van der Waals surface area contributed by atoms with Crippen LogP contribution in [0.15, 0.2) is 47.8 Å². The molecule has 0 bridgehead atoms. The SMILES string of the molecule is Cc1ccsc1C(=O)Nc1ccccc1-c1cc(F)c(C=O)c(F)c1. The van der Waals surface area contributed by atoms with Crippen molar-refractivity contribution in [3.63, 3.8) is 0 Å². The van der Waals surface area contributed by atoms with E-state index in [0.717, 1.165) is 17.7 Å². The highest BCUT2D eigenvalue weighted by Crippen LogP contribution is 2.31. The van der Waals surface area contributed by atoms with Crippen LogP contribution in [0.2, 0.25) is 0 Å². The van der Waals surface area contributed by atoms with Crippen molar-refractivity contribution in [3.05, 3.63) is 75.5 Å². The number of aryl methyl sites for hydroxylation is 1. The predicted octanol–water partition coefficient (Wildman–Crippen LogP) is 5.07. The number of aldehydes is 1. The molecule has 0 unspecified atom stereocenters. The zero-order valence-electron chi connectivity index (χ0n) is 13.2. The number of hydrogen-bond acceptors (Lipinski definition) is 3. The van der Waals surface area contributed by atoms with E-state index in [1.165, 1.54) is 11.3 Å². The van der Waals surface area contributed by atoms with Crippen LogP contribution in [0, 0.1) is 18.6 Å². The molecule has 25 heavy (non-hydrogen) atoms. The van der Waals surface area contributed by atoms with Gasteiger partial charge in [0.05, 0.1) is 10.4 Å². The fraction of sp³-hybridized carbons (Fsp3) is 0.0526. The minimum atomic E-state index is -0.944. The zero-order valence-corrected chi connectivity index (χ0v) is 14.0. The third kappa shape index (κ3) is 3.34. The highest BCUT2D eigenvalue weighted by atomic mass is 32.1. The molecular weight excluding hydrogens is 344 g/mol. The molecule has 1 N–H and O–H groups in total. The molecule has 1 heterocycles. The van der Waals surface area contributed by atoms with Gasteiger partial charge in [0.25, 0.3) is 5.91 Å². The summed E-state index contributed by atoms with van der Waals surface area (Å²) >= 11 is 1.32. The summed E-state index contributed by atoms with van der Waals surface area (Å²) < 4.78 is 27.8. The Bertz CT molecular complexity index is 943. The number of benzene rings is 2. The summed E-state index contributed by atoms with van der Waals surface area (Å²) in [5.41, 5.74) is 1.37. The van der Waals surface area contributed by atoms with E-state index in [1.807, 2.05) is 18.4 Å². The molecule has 6 heteroatoms. The summed E-state index contributed by atoms with van der Waals surface area (Å²) in [4.78, 5) is 23.7. The lowest BCUT2D eigenvalue weighted by Gasteiger charge is -2.12. The molecule has 126 valence electrons. The molecule has 3 rings (SSSR count). The van der Waals surface area contributed by atoms with Gasteiger partial charge in [-0.1, -0.05) is 18.2 Å². The van der Waals surface area contributed by atoms with Gasteiger partial charge in [0.15, 0.2) is 6.29 Å². The molecule has 0 saturated heterocycles. The van der Waals surface area contributed by atoms with E-state index in [9.17, 15) is 18.4 Å². The third-order valence-electron chi connectivity index (χ3n) is 3.75. The standard InChI is InChI=1S/C19H13F2NO2S/c1-11-6-7-25-18(11)19(24)22-17-5-3-2-4-13(17)12-8-15(20)14(10-23)16(21)9-12/h2-10H,1H3,(H,22,24). The molecule has 2 aromatic carbocycles. The summed E-state index contributed by atoms with van der Waals surface area (Å²) in [5, 5.41) is 4.60. The van der Waals surface area contributed by atoms with Gasteiger partial charge in [0, 0.05) is 11.3 Å². The molecule has 3 aromatic rings. The van der Waals surface area contributed by atoms with Crippen LogP contribution in [0.5, 0.6) is 0 Å². The van der Waals surface area contributed by atoms with Crippen LogP contribution < -0.4 is 5.32 Å². The van der Waals surface area contributed by atoms with Crippen molar-refractivity contribution in [3.8, 4) is 11.1 Å². The first-order valence-corrected chi connectivity index (χ1v) is 8.28. The average molecular weight is 357 g/mol. The second kappa shape index (κ2) is 6.94. The van der Waals surface area contributed by atoms with Crippen LogP contribution in [-0.2, 0) is 0 Å². The Balaban J connectivity index is 2.01. The quantitative estimate of drug-likeness (QED) is 0.663. The maximum atomic E-state index is 13.9. The molecule has 0 spiro atoms. The summed E-state index contributed by atoms with van der Waals surface area (Å²) in [6.45, 7) is 1.83. The van der Waals surface area contributed by atoms with Gasteiger partial charge in [-0.05, 0) is 47.7 Å². The minimum Gasteiger partial charge on any atom is -0.321 e. The second-order valence-electron chi connectivity index (χ2n) is 5.40. The normalized spacial score (nSPS) is 10.5. The summed E-state index contributed by atoms with van der Waals surface area (Å²) in [6.07, 6.45) is 0.141. The van der Waals surface area contributed by atoms with Crippen LogP contribution in [0.25, 0.3) is 11.1 Å². The van der Waals surface area contributed by atoms with Crippen molar-refractivity contribution < 1.29 is 18.4 Å². The molecule has 0 fully saturated rings. The number of thiophene rings is 1. The molecule has 1 amide bonds. The van der Waals surface area contributed by atoms with Crippen molar-refractivity contribution >= 4 is 29.2 Å². The molecule has 1 aromatic heterocycles. The lowest BCUT2D eigenvalue weighted by molar-refractivity contribution is 0.102. The van der Waals surface area contributed by atoms with Crippen LogP contribution in [-0.4, -0.2) is 12.2 Å². The van der Waals surface area contributed by atoms with Crippen molar-refractivity contribution in [2.75, 3.05) is 5.32 Å². The van der Waals surface area contributed by atoms with Crippen LogP contribution in [0.3, 0.4) is 0 Å². The fourth-order valence-corrected chi connectivity index (χ4v) is 3.30. The number of carbonyl (C=O) groups excluding carboxylic acids is 2. The number of halogens is 2. The van der Waals surface area contributed by atoms with Crippen molar-refractivity contribution in [2.45, 2.75) is 6.92 Å². The number of nitrogens with one attached hydrogen (secondary N) is 1. The second-order valence-corrected chi connectivity index (χ2v) is 6.32. The van der Waals surface area contributed by atoms with E-state index in [0.29, 0.717) is 16.1 Å².